The van der Waals surface area contributed by atoms with Gasteiger partial charge in [0.15, 0.2) is 18.3 Å². The second-order valence-electron chi connectivity index (χ2n) is 7.30. The van der Waals surface area contributed by atoms with Crippen molar-refractivity contribution in [3.63, 3.8) is 0 Å². The second-order valence-corrected chi connectivity index (χ2v) is 7.30. The third kappa shape index (κ3) is 5.82. The van der Waals surface area contributed by atoms with Crippen LogP contribution in [0.3, 0.4) is 0 Å². The van der Waals surface area contributed by atoms with Crippen LogP contribution in [0, 0.1) is 10.1 Å². The van der Waals surface area contributed by atoms with E-state index in [9.17, 15) is 19.7 Å². The van der Waals surface area contributed by atoms with Crippen LogP contribution in [0.4, 0.5) is 5.69 Å². The summed E-state index contributed by atoms with van der Waals surface area (Å²) < 4.78 is 13.7. The van der Waals surface area contributed by atoms with Crippen molar-refractivity contribution in [1.29, 1.82) is 0 Å². The lowest BCUT2D eigenvalue weighted by Gasteiger charge is -2.03. The number of hydrogen-bond donors (Lipinski definition) is 1. The predicted octanol–water partition coefficient (Wildman–Crippen LogP) is 4.00. The van der Waals surface area contributed by atoms with Crippen LogP contribution >= 0.6 is 0 Å². The number of benzene rings is 2. The van der Waals surface area contributed by atoms with Crippen LogP contribution in [0.25, 0.3) is 21.8 Å². The lowest BCUT2D eigenvalue weighted by molar-refractivity contribution is -0.383. The van der Waals surface area contributed by atoms with Gasteiger partial charge in [-0.05, 0) is 30.3 Å². The maximum absolute atomic E-state index is 11.1. The number of hydrogen-bond acceptors (Lipinski definition) is 7. The van der Waals surface area contributed by atoms with Crippen LogP contribution in [0.1, 0.15) is 27.6 Å². The van der Waals surface area contributed by atoms with Crippen molar-refractivity contribution in [3.8, 4) is 11.5 Å². The molecule has 2 heterocycles. The van der Waals surface area contributed by atoms with E-state index >= 15 is 0 Å². The summed E-state index contributed by atoms with van der Waals surface area (Å²) in [5.41, 5.74) is 2.47. The van der Waals surface area contributed by atoms with Gasteiger partial charge < -0.3 is 23.7 Å². The average molecular weight is 483 g/mol. The molecule has 11 heteroatoms. The lowest BCUT2D eigenvalue weighted by Crippen LogP contribution is -1.95. The van der Waals surface area contributed by atoms with Crippen molar-refractivity contribution in [2.24, 2.45) is 14.1 Å². The number of fused-ring (bicyclic) bond motifs is 2. The van der Waals surface area contributed by atoms with E-state index < -0.39 is 10.9 Å². The number of rotatable bonds is 5. The molecule has 35 heavy (non-hydrogen) atoms. The summed E-state index contributed by atoms with van der Waals surface area (Å²) in [4.78, 5) is 41.2. The number of aliphatic carboxylic acids is 1. The summed E-state index contributed by atoms with van der Waals surface area (Å²) >= 11 is 0. The quantitative estimate of drug-likeness (QED) is 0.255. The minimum absolute atomic E-state index is 0.150. The summed E-state index contributed by atoms with van der Waals surface area (Å²) in [6.07, 6.45) is 4.85. The maximum atomic E-state index is 11.1. The van der Waals surface area contributed by atoms with Gasteiger partial charge in [0.2, 0.25) is 0 Å². The van der Waals surface area contributed by atoms with Crippen LogP contribution < -0.4 is 9.47 Å². The van der Waals surface area contributed by atoms with Crippen LogP contribution in [0.5, 0.6) is 11.5 Å². The monoisotopic (exact) mass is 483 g/mol. The Kier molecular flexibility index (Phi) is 8.70. The highest BCUT2D eigenvalue weighted by Crippen LogP contribution is 2.37. The molecule has 0 aliphatic rings. The van der Waals surface area contributed by atoms with Crippen LogP contribution in [0.2, 0.25) is 0 Å². The first-order valence-corrected chi connectivity index (χ1v) is 10.1. The van der Waals surface area contributed by atoms with E-state index in [1.54, 1.807) is 31.0 Å². The fraction of sp³-hybridized carbons (Fsp3) is 0.208. The number of ether oxygens (including phenoxy) is 2. The number of nitrogens with zero attached hydrogens (tertiary/aromatic N) is 3. The highest BCUT2D eigenvalue weighted by molar-refractivity contribution is 6.04. The van der Waals surface area contributed by atoms with Crippen LogP contribution in [0.15, 0.2) is 42.7 Å². The number of aromatic nitrogens is 2. The molecule has 0 unspecified atom stereocenters. The molecule has 2 aromatic heterocycles. The average Bonchev–Trinajstić information content (AvgIpc) is 3.33. The Morgan fingerprint density at radius 2 is 1.51 bits per heavy atom. The smallest absolute Gasteiger partial charge is 0.320 e. The minimum Gasteiger partial charge on any atom is -0.497 e. The van der Waals surface area contributed by atoms with Gasteiger partial charge in [0.05, 0.1) is 30.0 Å². The first-order valence-electron chi connectivity index (χ1n) is 10.1. The summed E-state index contributed by atoms with van der Waals surface area (Å²) in [5.74, 6) is 0.0867. The van der Waals surface area contributed by atoms with Gasteiger partial charge in [-0.3, -0.25) is 24.5 Å². The zero-order valence-corrected chi connectivity index (χ0v) is 19.8. The summed E-state index contributed by atoms with van der Waals surface area (Å²) in [7, 11) is 6.62. The Bertz CT molecular complexity index is 1400. The number of methoxy groups -OCH3 is 2. The molecule has 4 aromatic rings. The molecular weight excluding hydrogens is 458 g/mol. The number of aryl methyl sites for hydroxylation is 2. The van der Waals surface area contributed by atoms with E-state index in [4.69, 9.17) is 19.4 Å². The van der Waals surface area contributed by atoms with Crippen molar-refractivity contribution >= 4 is 46.0 Å². The highest BCUT2D eigenvalue weighted by Gasteiger charge is 2.23. The number of nitro groups is 1. The van der Waals surface area contributed by atoms with Gasteiger partial charge in [0.25, 0.3) is 5.97 Å². The van der Waals surface area contributed by atoms with Gasteiger partial charge in [-0.25, -0.2) is 0 Å². The molecule has 0 saturated heterocycles. The zero-order valence-electron chi connectivity index (χ0n) is 19.8. The van der Waals surface area contributed by atoms with Gasteiger partial charge >= 0.3 is 5.69 Å². The fourth-order valence-corrected chi connectivity index (χ4v) is 3.54. The van der Waals surface area contributed by atoms with Crippen LogP contribution in [-0.4, -0.2) is 51.9 Å². The lowest BCUT2D eigenvalue weighted by atomic mass is 10.1. The van der Waals surface area contributed by atoms with Gasteiger partial charge in [0.1, 0.15) is 5.75 Å². The third-order valence-corrected chi connectivity index (χ3v) is 5.00. The number of carbonyl (C=O) groups excluding carboxylic acids is 2. The normalized spacial score (nSPS) is 9.97. The fourth-order valence-electron chi connectivity index (χ4n) is 3.54. The summed E-state index contributed by atoms with van der Waals surface area (Å²) in [5, 5.41) is 19.7. The molecule has 0 aliphatic heterocycles. The Balaban J connectivity index is 0.000000217. The zero-order chi connectivity index (χ0) is 26.3. The van der Waals surface area contributed by atoms with Gasteiger partial charge in [0, 0.05) is 55.4 Å². The molecule has 0 amide bonds. The highest BCUT2D eigenvalue weighted by atomic mass is 16.6. The van der Waals surface area contributed by atoms with Crippen molar-refractivity contribution in [2.75, 3.05) is 14.2 Å². The second kappa shape index (κ2) is 11.5. The number of carbonyl (C=O) groups is 3. The molecule has 1 N–H and O–H groups in total. The van der Waals surface area contributed by atoms with Gasteiger partial charge in [-0.2, -0.15) is 0 Å². The first-order chi connectivity index (χ1) is 16.6. The molecule has 0 spiro atoms. The van der Waals surface area contributed by atoms with Crippen molar-refractivity contribution < 1.29 is 33.9 Å². The molecule has 11 nitrogen and oxygen atoms in total. The first kappa shape index (κ1) is 26.6. The molecule has 0 atom stereocenters. The molecule has 0 fully saturated rings. The molecule has 2 aromatic carbocycles. The molecule has 0 aliphatic carbocycles. The maximum Gasteiger partial charge on any atom is 0.320 e. The molecule has 0 bridgehead atoms. The van der Waals surface area contributed by atoms with E-state index in [0.29, 0.717) is 22.8 Å². The molecule has 0 saturated carbocycles. The predicted molar refractivity (Wildman–Crippen MR) is 130 cm³/mol. The topological polar surface area (TPSA) is 143 Å². The van der Waals surface area contributed by atoms with Gasteiger partial charge in [-0.15, -0.1) is 0 Å². The minimum atomic E-state index is -0.833. The number of carboxylic acids is 1. The van der Waals surface area contributed by atoms with E-state index in [0.717, 1.165) is 29.9 Å². The largest absolute Gasteiger partial charge is 0.497 e. The summed E-state index contributed by atoms with van der Waals surface area (Å²) in [6, 6.07) is 8.92. The molecular formula is C24H25N3O8. The Morgan fingerprint density at radius 1 is 0.971 bits per heavy atom. The Morgan fingerprint density at radius 3 is 2.03 bits per heavy atom. The Hall–Kier alpha value is -4.67. The number of nitro benzene ring substituents is 1. The van der Waals surface area contributed by atoms with Gasteiger partial charge in [-0.1, -0.05) is 0 Å². The van der Waals surface area contributed by atoms with E-state index in [-0.39, 0.29) is 17.0 Å². The van der Waals surface area contributed by atoms with Crippen molar-refractivity contribution in [1.82, 2.24) is 9.13 Å². The van der Waals surface area contributed by atoms with Crippen molar-refractivity contribution in [2.45, 2.75) is 6.92 Å². The van der Waals surface area contributed by atoms with E-state index in [1.807, 2.05) is 36.0 Å². The SMILES string of the molecule is CC(=O)O.COc1ccc2c(c(C=O)cn2C)c1[N+](=O)[O-].COc1ccc2c(c1)c(C=O)cn2C. The molecule has 184 valence electrons. The third-order valence-electron chi connectivity index (χ3n) is 5.00. The molecule has 4 rings (SSSR count). The number of carboxylic acid groups (broad SMARTS) is 1. The summed E-state index contributed by atoms with van der Waals surface area (Å²) in [6.45, 7) is 1.08. The number of aldehydes is 2. The van der Waals surface area contributed by atoms with E-state index in [2.05, 4.69) is 0 Å². The van der Waals surface area contributed by atoms with E-state index in [1.165, 1.54) is 13.2 Å². The standard InChI is InChI=1S/C11H10N2O4.C11H11NO2.C2H4O2/c1-12-5-7(6-14)10-8(12)3-4-9(17-2)11(10)13(15)16;1-12-6-8(7-13)10-5-9(14-2)3-4-11(10)12;1-2(3)4/h3-6H,1-2H3;3-7H,1-2H3;1H3,(H,3,4). The molecule has 0 radical (unpaired) electrons. The van der Waals surface area contributed by atoms with Crippen LogP contribution in [-0.2, 0) is 18.9 Å². The Labute approximate surface area is 200 Å². The van der Waals surface area contributed by atoms with Crippen molar-refractivity contribution in [3.05, 3.63) is 64.0 Å².